The minimum atomic E-state index is -0.130. The van der Waals surface area contributed by atoms with E-state index in [1.165, 1.54) is 17.3 Å². The second kappa shape index (κ2) is 7.00. The van der Waals surface area contributed by atoms with E-state index in [9.17, 15) is 4.79 Å². The minimum Gasteiger partial charge on any atom is -0.300 e. The molecule has 1 fully saturated rings. The quantitative estimate of drug-likeness (QED) is 0.640. The molecule has 0 unspecified atom stereocenters. The van der Waals surface area contributed by atoms with E-state index in [0.29, 0.717) is 10.1 Å². The molecule has 0 atom stereocenters. The van der Waals surface area contributed by atoms with Crippen LogP contribution in [0.4, 0.5) is 5.69 Å². The maximum Gasteiger partial charge on any atom is 0.264 e. The summed E-state index contributed by atoms with van der Waals surface area (Å²) in [7, 11) is 0. The number of rotatable bonds is 2. The number of benzene rings is 2. The molecular formula is C22H19N3OS. The van der Waals surface area contributed by atoms with Crippen molar-refractivity contribution in [2.75, 3.05) is 0 Å². The molecule has 4 rings (SSSR count). The highest BCUT2D eigenvalue weighted by atomic mass is 32.2. The number of carbonyl (C=O) groups excluding carboxylic acids is 1. The Labute approximate surface area is 162 Å². The third-order valence-corrected chi connectivity index (χ3v) is 5.36. The lowest BCUT2D eigenvalue weighted by Gasteiger charge is -2.07. The van der Waals surface area contributed by atoms with Gasteiger partial charge in [-0.15, -0.1) is 0 Å². The van der Waals surface area contributed by atoms with Gasteiger partial charge in [0.2, 0.25) is 0 Å². The van der Waals surface area contributed by atoms with E-state index in [4.69, 9.17) is 4.99 Å². The molecule has 3 aromatic rings. The number of aryl methyl sites for hydroxylation is 3. The Morgan fingerprint density at radius 2 is 1.81 bits per heavy atom. The summed E-state index contributed by atoms with van der Waals surface area (Å²) < 4.78 is 0. The largest absolute Gasteiger partial charge is 0.300 e. The van der Waals surface area contributed by atoms with Crippen LogP contribution in [-0.2, 0) is 4.79 Å². The monoisotopic (exact) mass is 373 g/mol. The van der Waals surface area contributed by atoms with Crippen molar-refractivity contribution in [3.8, 4) is 0 Å². The lowest BCUT2D eigenvalue weighted by atomic mass is 10.1. The lowest BCUT2D eigenvalue weighted by Crippen LogP contribution is -2.19. The van der Waals surface area contributed by atoms with Crippen molar-refractivity contribution in [3.63, 3.8) is 0 Å². The number of amides is 1. The van der Waals surface area contributed by atoms with Crippen LogP contribution in [0.2, 0.25) is 0 Å². The van der Waals surface area contributed by atoms with Crippen LogP contribution in [0.3, 0.4) is 0 Å². The molecule has 1 saturated heterocycles. The summed E-state index contributed by atoms with van der Waals surface area (Å²) in [5.41, 5.74) is 6.14. The topological polar surface area (TPSA) is 54.4 Å². The average Bonchev–Trinajstić information content (AvgIpc) is 2.98. The molecule has 0 bridgehead atoms. The summed E-state index contributed by atoms with van der Waals surface area (Å²) >= 11 is 1.36. The number of amidine groups is 1. The summed E-state index contributed by atoms with van der Waals surface area (Å²) in [6.07, 6.45) is 3.65. The third-order valence-electron chi connectivity index (χ3n) is 4.45. The van der Waals surface area contributed by atoms with Crippen molar-refractivity contribution < 1.29 is 4.79 Å². The number of nitrogens with one attached hydrogen (secondary N) is 1. The van der Waals surface area contributed by atoms with E-state index in [-0.39, 0.29) is 5.91 Å². The standard InChI is InChI=1S/C22H19N3OS/c1-13-10-14(2)19(15(3)11-13)24-22-25-21(26)18(27-22)12-17-7-4-6-16-8-5-9-23-20(16)17/h4-12H,1-3H3,(H,24,25,26). The molecule has 1 N–H and O–H groups in total. The second-order valence-corrected chi connectivity index (χ2v) is 7.68. The Balaban J connectivity index is 1.69. The highest BCUT2D eigenvalue weighted by Gasteiger charge is 2.24. The van der Waals surface area contributed by atoms with Crippen LogP contribution in [0.25, 0.3) is 17.0 Å². The fourth-order valence-electron chi connectivity index (χ4n) is 3.32. The van der Waals surface area contributed by atoms with Crippen molar-refractivity contribution in [1.82, 2.24) is 10.3 Å². The number of para-hydroxylation sites is 1. The first-order valence-electron chi connectivity index (χ1n) is 8.72. The van der Waals surface area contributed by atoms with Gasteiger partial charge in [-0.2, -0.15) is 0 Å². The summed E-state index contributed by atoms with van der Waals surface area (Å²) in [5.74, 6) is -0.130. The smallest absolute Gasteiger partial charge is 0.264 e. The summed E-state index contributed by atoms with van der Waals surface area (Å²) in [4.78, 5) is 22.2. The zero-order valence-electron chi connectivity index (χ0n) is 15.4. The molecule has 4 nitrogen and oxygen atoms in total. The maximum absolute atomic E-state index is 12.4. The Morgan fingerprint density at radius 3 is 2.59 bits per heavy atom. The van der Waals surface area contributed by atoms with E-state index in [1.807, 2.05) is 50.3 Å². The normalized spacial score (nSPS) is 17.1. The van der Waals surface area contributed by atoms with Gasteiger partial charge in [-0.25, -0.2) is 4.99 Å². The number of fused-ring (bicyclic) bond motifs is 1. The van der Waals surface area contributed by atoms with Gasteiger partial charge >= 0.3 is 0 Å². The van der Waals surface area contributed by atoms with Crippen LogP contribution in [-0.4, -0.2) is 16.1 Å². The first-order chi connectivity index (χ1) is 13.0. The number of thioether (sulfide) groups is 1. The molecule has 134 valence electrons. The van der Waals surface area contributed by atoms with E-state index in [1.54, 1.807) is 6.20 Å². The second-order valence-electron chi connectivity index (χ2n) is 6.65. The molecule has 1 aliphatic rings. The first kappa shape index (κ1) is 17.5. The number of hydrogen-bond donors (Lipinski definition) is 1. The zero-order valence-corrected chi connectivity index (χ0v) is 16.2. The van der Waals surface area contributed by atoms with Crippen LogP contribution in [0, 0.1) is 20.8 Å². The van der Waals surface area contributed by atoms with E-state index >= 15 is 0 Å². The molecule has 1 aliphatic heterocycles. The Bertz CT molecular complexity index is 1100. The molecular weight excluding hydrogens is 354 g/mol. The number of pyridine rings is 1. The van der Waals surface area contributed by atoms with Gasteiger partial charge in [0, 0.05) is 17.1 Å². The summed E-state index contributed by atoms with van der Waals surface area (Å²) in [5, 5.41) is 4.53. The molecule has 1 aromatic heterocycles. The van der Waals surface area contributed by atoms with Gasteiger partial charge < -0.3 is 5.32 Å². The van der Waals surface area contributed by atoms with Crippen molar-refractivity contribution in [2.45, 2.75) is 20.8 Å². The molecule has 5 heteroatoms. The Morgan fingerprint density at radius 1 is 1.07 bits per heavy atom. The van der Waals surface area contributed by atoms with Gasteiger partial charge in [-0.05, 0) is 55.8 Å². The number of aromatic nitrogens is 1. The van der Waals surface area contributed by atoms with Crippen LogP contribution in [0.5, 0.6) is 0 Å². The fourth-order valence-corrected chi connectivity index (χ4v) is 4.13. The van der Waals surface area contributed by atoms with Crippen LogP contribution in [0.15, 0.2) is 58.6 Å². The van der Waals surface area contributed by atoms with Crippen molar-refractivity contribution in [2.24, 2.45) is 4.99 Å². The predicted octanol–water partition coefficient (Wildman–Crippen LogP) is 5.05. The van der Waals surface area contributed by atoms with Gasteiger partial charge in [0.25, 0.3) is 5.91 Å². The molecule has 2 aromatic carbocycles. The highest BCUT2D eigenvalue weighted by Crippen LogP contribution is 2.32. The highest BCUT2D eigenvalue weighted by molar-refractivity contribution is 8.18. The van der Waals surface area contributed by atoms with Crippen molar-refractivity contribution in [3.05, 3.63) is 75.8 Å². The van der Waals surface area contributed by atoms with Gasteiger partial charge in [0.1, 0.15) is 0 Å². The fraction of sp³-hybridized carbons (Fsp3) is 0.136. The predicted molar refractivity (Wildman–Crippen MR) is 113 cm³/mol. The Hall–Kier alpha value is -2.92. The average molecular weight is 373 g/mol. The van der Waals surface area contributed by atoms with Gasteiger partial charge in [-0.1, -0.05) is 42.0 Å². The lowest BCUT2D eigenvalue weighted by molar-refractivity contribution is -0.115. The summed E-state index contributed by atoms with van der Waals surface area (Å²) in [6.45, 7) is 6.15. The number of carbonyl (C=O) groups is 1. The zero-order chi connectivity index (χ0) is 19.0. The van der Waals surface area contributed by atoms with Crippen molar-refractivity contribution >= 4 is 45.5 Å². The molecule has 0 saturated carbocycles. The van der Waals surface area contributed by atoms with E-state index < -0.39 is 0 Å². The molecule has 0 spiro atoms. The van der Waals surface area contributed by atoms with Crippen LogP contribution >= 0.6 is 11.8 Å². The van der Waals surface area contributed by atoms with Gasteiger partial charge in [0.15, 0.2) is 5.17 Å². The molecule has 2 heterocycles. The number of aliphatic imine (C=N–C) groups is 1. The maximum atomic E-state index is 12.4. The van der Waals surface area contributed by atoms with E-state index in [2.05, 4.69) is 29.4 Å². The van der Waals surface area contributed by atoms with Gasteiger partial charge in [-0.3, -0.25) is 9.78 Å². The minimum absolute atomic E-state index is 0.130. The Kier molecular flexibility index (Phi) is 4.54. The molecule has 1 amide bonds. The SMILES string of the molecule is Cc1cc(C)c(N=C2NC(=O)C(=Cc3cccc4cccnc34)S2)c(C)c1. The number of nitrogens with zero attached hydrogens (tertiary/aromatic N) is 2. The van der Waals surface area contributed by atoms with Crippen LogP contribution in [0.1, 0.15) is 22.3 Å². The first-order valence-corrected chi connectivity index (χ1v) is 9.54. The summed E-state index contributed by atoms with van der Waals surface area (Å²) in [6, 6.07) is 14.1. The third kappa shape index (κ3) is 3.51. The van der Waals surface area contributed by atoms with Gasteiger partial charge in [0.05, 0.1) is 16.1 Å². The van der Waals surface area contributed by atoms with Crippen LogP contribution < -0.4 is 5.32 Å². The van der Waals surface area contributed by atoms with Crippen molar-refractivity contribution in [1.29, 1.82) is 0 Å². The molecule has 0 radical (unpaired) electrons. The number of hydrogen-bond acceptors (Lipinski definition) is 4. The van der Waals surface area contributed by atoms with E-state index in [0.717, 1.165) is 33.3 Å². The molecule has 0 aliphatic carbocycles. The molecule has 27 heavy (non-hydrogen) atoms.